The van der Waals surface area contributed by atoms with E-state index < -0.39 is 10.0 Å². The Kier molecular flexibility index (Phi) is 6.40. The van der Waals surface area contributed by atoms with Crippen LogP contribution in [0.1, 0.15) is 25.3 Å². The Labute approximate surface area is 205 Å². The third-order valence-corrected chi connectivity index (χ3v) is 8.46. The maximum Gasteiger partial charge on any atom is 0.243 e. The second-order valence-corrected chi connectivity index (χ2v) is 10.8. The molecule has 35 heavy (non-hydrogen) atoms. The van der Waals surface area contributed by atoms with Crippen LogP contribution in [0.5, 0.6) is 0 Å². The Balaban J connectivity index is 1.27. The number of amides is 1. The van der Waals surface area contributed by atoms with E-state index in [9.17, 15) is 13.2 Å². The normalized spacial score (nSPS) is 15.3. The van der Waals surface area contributed by atoms with Gasteiger partial charge in [0.2, 0.25) is 15.9 Å². The highest BCUT2D eigenvalue weighted by atomic mass is 32.2. The topological polar surface area (TPSA) is 95.2 Å². The van der Waals surface area contributed by atoms with Crippen molar-refractivity contribution in [2.45, 2.75) is 31.1 Å². The van der Waals surface area contributed by atoms with Crippen LogP contribution in [0.25, 0.3) is 22.4 Å². The molecule has 0 atom stereocenters. The lowest BCUT2D eigenvalue weighted by molar-refractivity contribution is -0.120. The molecular weight excluding hydrogens is 460 g/mol. The van der Waals surface area contributed by atoms with Gasteiger partial charge >= 0.3 is 0 Å². The summed E-state index contributed by atoms with van der Waals surface area (Å²) in [6, 6.07) is 22.5. The van der Waals surface area contributed by atoms with Crippen molar-refractivity contribution in [2.24, 2.45) is 5.92 Å². The summed E-state index contributed by atoms with van der Waals surface area (Å²) < 4.78 is 28.2. The second-order valence-electron chi connectivity index (χ2n) is 8.85. The number of hydrogen-bond donors (Lipinski definition) is 2. The number of rotatable bonds is 6. The number of nitrogens with one attached hydrogen (secondary N) is 2. The summed E-state index contributed by atoms with van der Waals surface area (Å²) in [7, 11) is -3.67. The molecule has 0 aliphatic carbocycles. The molecule has 2 N–H and O–H groups in total. The molecule has 1 aromatic heterocycles. The molecule has 1 amide bonds. The fourth-order valence-corrected chi connectivity index (χ4v) is 6.00. The fourth-order valence-electron chi connectivity index (χ4n) is 4.50. The van der Waals surface area contributed by atoms with Gasteiger partial charge in [0.25, 0.3) is 0 Å². The molecule has 0 radical (unpaired) electrons. The third-order valence-electron chi connectivity index (χ3n) is 6.57. The van der Waals surface area contributed by atoms with Crippen molar-refractivity contribution in [3.63, 3.8) is 0 Å². The largest absolute Gasteiger partial charge is 0.338 e. The molecule has 0 spiro atoms. The van der Waals surface area contributed by atoms with Crippen molar-refractivity contribution in [1.29, 1.82) is 0 Å². The minimum atomic E-state index is -3.67. The average molecular weight is 489 g/mol. The number of benzene rings is 3. The van der Waals surface area contributed by atoms with Gasteiger partial charge in [-0.2, -0.15) is 4.31 Å². The molecule has 4 aromatic rings. The molecule has 0 bridgehead atoms. The standard InChI is InChI=1S/C27H28N4O3S/c1-2-19-7-6-10-22(17-19)28-27(32)21-13-15-31(16-14-21)35(33,34)23-11-12-24-25(18-23)30-26(29-24)20-8-4-3-5-9-20/h3-12,17-18,21H,2,13-16H2,1H3,(H,28,32)(H,29,30). The lowest BCUT2D eigenvalue weighted by atomic mass is 9.97. The van der Waals surface area contributed by atoms with Crippen LogP contribution in [0.2, 0.25) is 0 Å². The first-order valence-corrected chi connectivity index (χ1v) is 13.3. The zero-order valence-electron chi connectivity index (χ0n) is 19.6. The van der Waals surface area contributed by atoms with E-state index in [0.717, 1.165) is 23.2 Å². The van der Waals surface area contributed by atoms with E-state index in [4.69, 9.17) is 0 Å². The molecule has 1 saturated heterocycles. The Morgan fingerprint density at radius 1 is 1.03 bits per heavy atom. The van der Waals surface area contributed by atoms with Gasteiger partial charge in [0, 0.05) is 30.3 Å². The van der Waals surface area contributed by atoms with E-state index in [1.807, 2.05) is 54.6 Å². The van der Waals surface area contributed by atoms with Gasteiger partial charge in [-0.05, 0) is 55.2 Å². The monoisotopic (exact) mass is 488 g/mol. The zero-order valence-corrected chi connectivity index (χ0v) is 20.4. The highest BCUT2D eigenvalue weighted by Crippen LogP contribution is 2.28. The SMILES string of the molecule is CCc1cccc(NC(=O)C2CCN(S(=O)(=O)c3ccc4nc(-c5ccccc5)[nH]c4c3)CC2)c1. The smallest absolute Gasteiger partial charge is 0.243 e. The number of nitrogens with zero attached hydrogens (tertiary/aromatic N) is 2. The first kappa shape index (κ1) is 23.3. The molecule has 180 valence electrons. The lowest BCUT2D eigenvalue weighted by Gasteiger charge is -2.30. The summed E-state index contributed by atoms with van der Waals surface area (Å²) >= 11 is 0. The number of hydrogen-bond acceptors (Lipinski definition) is 4. The minimum absolute atomic E-state index is 0.0531. The van der Waals surface area contributed by atoms with E-state index in [2.05, 4.69) is 22.2 Å². The molecule has 5 rings (SSSR count). The summed E-state index contributed by atoms with van der Waals surface area (Å²) in [5.74, 6) is 0.435. The van der Waals surface area contributed by atoms with Gasteiger partial charge in [-0.3, -0.25) is 4.79 Å². The second kappa shape index (κ2) is 9.64. The molecule has 1 fully saturated rings. The number of aromatic nitrogens is 2. The Bertz CT molecular complexity index is 1460. The maximum atomic E-state index is 13.3. The first-order valence-electron chi connectivity index (χ1n) is 11.9. The third kappa shape index (κ3) is 4.85. The Hall–Kier alpha value is -3.49. The average Bonchev–Trinajstić information content (AvgIpc) is 3.33. The van der Waals surface area contributed by atoms with Gasteiger partial charge in [0.15, 0.2) is 0 Å². The van der Waals surface area contributed by atoms with E-state index in [0.29, 0.717) is 42.8 Å². The number of piperidine rings is 1. The van der Waals surface area contributed by atoms with Crippen molar-refractivity contribution in [2.75, 3.05) is 18.4 Å². The van der Waals surface area contributed by atoms with Crippen LogP contribution >= 0.6 is 0 Å². The lowest BCUT2D eigenvalue weighted by Crippen LogP contribution is -2.41. The summed E-state index contributed by atoms with van der Waals surface area (Å²) in [6.45, 7) is 2.70. The van der Waals surface area contributed by atoms with Gasteiger partial charge in [-0.25, -0.2) is 13.4 Å². The van der Waals surface area contributed by atoms with Crippen molar-refractivity contribution >= 4 is 32.7 Å². The molecule has 1 aliphatic rings. The predicted octanol–water partition coefficient (Wildman–Crippen LogP) is 4.83. The van der Waals surface area contributed by atoms with Crippen LogP contribution in [-0.2, 0) is 21.2 Å². The number of aromatic amines is 1. The molecule has 3 aromatic carbocycles. The quantitative estimate of drug-likeness (QED) is 0.406. The first-order chi connectivity index (χ1) is 16.9. The highest BCUT2D eigenvalue weighted by Gasteiger charge is 2.32. The van der Waals surface area contributed by atoms with Crippen LogP contribution in [-0.4, -0.2) is 41.7 Å². The van der Waals surface area contributed by atoms with Crippen molar-refractivity contribution in [3.05, 3.63) is 78.4 Å². The van der Waals surface area contributed by atoms with Gasteiger partial charge in [-0.15, -0.1) is 0 Å². The van der Waals surface area contributed by atoms with E-state index >= 15 is 0 Å². The van der Waals surface area contributed by atoms with Crippen molar-refractivity contribution < 1.29 is 13.2 Å². The molecule has 1 aliphatic heterocycles. The van der Waals surface area contributed by atoms with Crippen LogP contribution in [0.15, 0.2) is 77.7 Å². The van der Waals surface area contributed by atoms with E-state index in [1.165, 1.54) is 4.31 Å². The molecule has 8 heteroatoms. The summed E-state index contributed by atoms with van der Waals surface area (Å²) in [4.78, 5) is 20.8. The zero-order chi connectivity index (χ0) is 24.4. The number of carbonyl (C=O) groups is 1. The van der Waals surface area contributed by atoms with E-state index in [-0.39, 0.29) is 16.7 Å². The predicted molar refractivity (Wildman–Crippen MR) is 137 cm³/mol. The molecule has 0 saturated carbocycles. The van der Waals surface area contributed by atoms with Crippen molar-refractivity contribution in [1.82, 2.24) is 14.3 Å². The maximum absolute atomic E-state index is 13.3. The summed E-state index contributed by atoms with van der Waals surface area (Å²) in [6.07, 6.45) is 1.88. The van der Waals surface area contributed by atoms with Crippen LogP contribution in [0, 0.1) is 5.92 Å². The number of fused-ring (bicyclic) bond motifs is 1. The van der Waals surface area contributed by atoms with Crippen LogP contribution in [0.4, 0.5) is 5.69 Å². The Morgan fingerprint density at radius 3 is 2.54 bits per heavy atom. The number of carbonyl (C=O) groups excluding carboxylic acids is 1. The molecule has 0 unspecified atom stereocenters. The number of sulfonamides is 1. The number of aryl methyl sites for hydroxylation is 1. The molecule has 2 heterocycles. The van der Waals surface area contributed by atoms with E-state index in [1.54, 1.807) is 18.2 Å². The number of anilines is 1. The van der Waals surface area contributed by atoms with Crippen LogP contribution < -0.4 is 5.32 Å². The van der Waals surface area contributed by atoms with Gasteiger partial charge in [-0.1, -0.05) is 49.4 Å². The van der Waals surface area contributed by atoms with Crippen molar-refractivity contribution in [3.8, 4) is 11.4 Å². The Morgan fingerprint density at radius 2 is 1.80 bits per heavy atom. The van der Waals surface area contributed by atoms with Gasteiger partial charge in [0.05, 0.1) is 15.9 Å². The summed E-state index contributed by atoms with van der Waals surface area (Å²) in [5, 5.41) is 2.99. The van der Waals surface area contributed by atoms with Gasteiger partial charge in [0.1, 0.15) is 5.82 Å². The highest BCUT2D eigenvalue weighted by molar-refractivity contribution is 7.89. The molecular formula is C27H28N4O3S. The number of imidazole rings is 1. The molecule has 7 nitrogen and oxygen atoms in total. The van der Waals surface area contributed by atoms with Crippen LogP contribution in [0.3, 0.4) is 0 Å². The fraction of sp³-hybridized carbons (Fsp3) is 0.259. The van der Waals surface area contributed by atoms with Gasteiger partial charge < -0.3 is 10.3 Å². The summed E-state index contributed by atoms with van der Waals surface area (Å²) in [5.41, 5.74) is 4.27. The number of H-pyrrole nitrogens is 1. The minimum Gasteiger partial charge on any atom is -0.338 e.